The molecule has 2 bridgehead atoms. The topological polar surface area (TPSA) is 135 Å². The second kappa shape index (κ2) is 17.2. The minimum atomic E-state index is -1.32. The summed E-state index contributed by atoms with van der Waals surface area (Å²) in [6, 6.07) is 6.60. The van der Waals surface area contributed by atoms with Crippen LogP contribution in [-0.2, 0) is 33.4 Å². The van der Waals surface area contributed by atoms with E-state index in [1.54, 1.807) is 29.2 Å². The Morgan fingerprint density at radius 3 is 2.53 bits per heavy atom. The fourth-order valence-electron chi connectivity index (χ4n) is 7.69. The lowest BCUT2D eigenvalue weighted by atomic mass is 9.70. The number of aliphatic hydroxyl groups excluding tert-OH is 1. The number of methoxy groups -OCH3 is 1. The van der Waals surface area contributed by atoms with Gasteiger partial charge in [-0.3, -0.25) is 19.2 Å². The third-order valence-corrected chi connectivity index (χ3v) is 10.8. The number of amides is 3. The van der Waals surface area contributed by atoms with Crippen molar-refractivity contribution in [1.29, 1.82) is 0 Å². The first kappa shape index (κ1) is 38.7. The average Bonchev–Trinajstić information content (AvgIpc) is 3.68. The lowest BCUT2D eigenvalue weighted by molar-refractivity contribution is -0.163. The van der Waals surface area contributed by atoms with E-state index in [0.717, 1.165) is 12.8 Å². The molecule has 49 heavy (non-hydrogen) atoms. The summed E-state index contributed by atoms with van der Waals surface area (Å²) in [6.07, 6.45) is 4.25. The van der Waals surface area contributed by atoms with Crippen LogP contribution in [0, 0.1) is 17.8 Å². The third kappa shape index (κ3) is 7.82. The first-order valence-corrected chi connectivity index (χ1v) is 18.2. The van der Waals surface area contributed by atoms with Gasteiger partial charge in [0.2, 0.25) is 17.7 Å². The molecule has 270 valence electrons. The van der Waals surface area contributed by atoms with E-state index in [-0.39, 0.29) is 48.7 Å². The molecule has 0 radical (unpaired) electrons. The molecule has 3 aliphatic heterocycles. The zero-order valence-corrected chi connectivity index (χ0v) is 30.7. The Kier molecular flexibility index (Phi) is 13.6. The molecule has 3 aliphatic rings. The number of carbonyl (C=O) groups is 4. The highest BCUT2D eigenvalue weighted by Crippen LogP contribution is 2.61. The summed E-state index contributed by atoms with van der Waals surface area (Å²) in [5, 5.41) is 13.5. The summed E-state index contributed by atoms with van der Waals surface area (Å²) < 4.78 is 18.5. The first-order valence-electron chi connectivity index (χ1n) is 17.3. The summed E-state index contributed by atoms with van der Waals surface area (Å²) >= 11 is 3.73. The summed E-state index contributed by atoms with van der Waals surface area (Å²) in [4.78, 5) is 59.5. The normalized spacial score (nSPS) is 27.4. The number of ether oxygens (including phenoxy) is 3. The molecule has 9 atom stereocenters. The second-order valence-electron chi connectivity index (χ2n) is 13.6. The van der Waals surface area contributed by atoms with Crippen LogP contribution in [0.25, 0.3) is 0 Å². The maximum atomic E-state index is 14.7. The molecule has 4 rings (SSSR count). The number of nitrogens with one attached hydrogen (secondary N) is 1. The molecular formula is C37H52BrN3O8. The summed E-state index contributed by atoms with van der Waals surface area (Å²) in [6.45, 7) is 13.8. The number of halogens is 1. The van der Waals surface area contributed by atoms with Gasteiger partial charge in [0.25, 0.3) is 0 Å². The Hall–Kier alpha value is -3.06. The minimum absolute atomic E-state index is 0.0540. The maximum absolute atomic E-state index is 14.7. The Bertz CT molecular complexity index is 1340. The summed E-state index contributed by atoms with van der Waals surface area (Å²) in [5.74, 6) is -3.87. The van der Waals surface area contributed by atoms with Crippen molar-refractivity contribution in [1.82, 2.24) is 15.1 Å². The molecule has 0 aromatic heterocycles. The van der Waals surface area contributed by atoms with Gasteiger partial charge in [0.05, 0.1) is 43.2 Å². The predicted molar refractivity (Wildman–Crippen MR) is 188 cm³/mol. The third-order valence-electron chi connectivity index (χ3n) is 9.99. The molecule has 11 nitrogen and oxygen atoms in total. The molecule has 3 heterocycles. The highest BCUT2D eigenvalue weighted by molar-refractivity contribution is 9.09. The number of nitrogens with zero attached hydrogens (tertiary/aromatic N) is 2. The van der Waals surface area contributed by atoms with E-state index >= 15 is 0 Å². The van der Waals surface area contributed by atoms with Gasteiger partial charge >= 0.3 is 5.97 Å². The molecule has 0 aliphatic carbocycles. The van der Waals surface area contributed by atoms with Crippen molar-refractivity contribution >= 4 is 39.6 Å². The van der Waals surface area contributed by atoms with Crippen molar-refractivity contribution in [3.05, 3.63) is 61.2 Å². The van der Waals surface area contributed by atoms with Crippen LogP contribution in [0.3, 0.4) is 0 Å². The van der Waals surface area contributed by atoms with Gasteiger partial charge in [0, 0.05) is 31.4 Å². The van der Waals surface area contributed by atoms with E-state index < -0.39 is 59.6 Å². The number of alkyl halides is 1. The molecular weight excluding hydrogens is 694 g/mol. The van der Waals surface area contributed by atoms with Crippen molar-refractivity contribution in [2.24, 2.45) is 17.8 Å². The number of unbranched alkanes of at least 4 members (excludes halogenated alkanes) is 1. The van der Waals surface area contributed by atoms with Crippen LogP contribution >= 0.6 is 15.9 Å². The number of fused-ring (bicyclic) bond motifs is 1. The number of carbonyl (C=O) groups excluding carboxylic acids is 4. The van der Waals surface area contributed by atoms with Gasteiger partial charge in [-0.05, 0) is 30.7 Å². The van der Waals surface area contributed by atoms with Crippen LogP contribution in [0.5, 0.6) is 0 Å². The number of hydrogen-bond acceptors (Lipinski definition) is 8. The number of hydrogen-bond donors (Lipinski definition) is 2. The molecule has 0 saturated carbocycles. The smallest absolute Gasteiger partial charge is 0.313 e. The van der Waals surface area contributed by atoms with Crippen molar-refractivity contribution < 1.29 is 38.5 Å². The highest BCUT2D eigenvalue weighted by Gasteiger charge is 2.77. The van der Waals surface area contributed by atoms with E-state index in [2.05, 4.69) is 34.4 Å². The Labute approximate surface area is 298 Å². The number of esters is 1. The van der Waals surface area contributed by atoms with Crippen LogP contribution in [0.15, 0.2) is 55.6 Å². The predicted octanol–water partition coefficient (Wildman–Crippen LogP) is 3.95. The van der Waals surface area contributed by atoms with Crippen molar-refractivity contribution in [2.75, 3.05) is 33.4 Å². The van der Waals surface area contributed by atoms with Crippen molar-refractivity contribution in [3.63, 3.8) is 0 Å². The molecule has 2 N–H and O–H groups in total. The zero-order valence-electron chi connectivity index (χ0n) is 29.1. The van der Waals surface area contributed by atoms with Crippen LogP contribution in [0.4, 0.5) is 0 Å². The highest BCUT2D eigenvalue weighted by atomic mass is 79.9. The minimum Gasteiger partial charge on any atom is -0.455 e. The molecule has 1 aromatic carbocycles. The summed E-state index contributed by atoms with van der Waals surface area (Å²) in [5.41, 5.74) is -0.683. The molecule has 1 aromatic rings. The van der Waals surface area contributed by atoms with Gasteiger partial charge in [0.15, 0.2) is 0 Å². The number of benzene rings is 1. The van der Waals surface area contributed by atoms with Crippen LogP contribution in [0.2, 0.25) is 0 Å². The monoisotopic (exact) mass is 745 g/mol. The van der Waals surface area contributed by atoms with Crippen LogP contribution in [-0.4, -0.2) is 107 Å². The van der Waals surface area contributed by atoms with E-state index in [1.165, 1.54) is 12.0 Å². The number of aliphatic hydroxyl groups is 1. The van der Waals surface area contributed by atoms with E-state index in [0.29, 0.717) is 24.9 Å². The standard InChI is InChI=1S/C37H52BrN3O8/c1-7-10-17-28(43)39-26(22-47-6)31(24-15-13-12-14-16-24)48-36(46)29-30-34(44)41(27(21-42)23(4)5)33(37(30)20-25(38)32(29)49-37)35(45)40(18-9-3)19-11-8-2/h7,9,12-16,23,25-27,29-33,42H,1,3,8,10-11,17-22H2,2,4-6H3,(H,39,43)/t25?,26-,27+,29-,30+,31-,32-,33-,37+/m1/s1. The average molecular weight is 747 g/mol. The van der Waals surface area contributed by atoms with Crippen LogP contribution in [0.1, 0.15) is 64.5 Å². The van der Waals surface area contributed by atoms with E-state index in [4.69, 9.17) is 14.2 Å². The molecule has 3 amide bonds. The fraction of sp³-hybridized carbons (Fsp3) is 0.622. The Morgan fingerprint density at radius 2 is 1.94 bits per heavy atom. The fourth-order valence-corrected chi connectivity index (χ4v) is 8.63. The largest absolute Gasteiger partial charge is 0.455 e. The van der Waals surface area contributed by atoms with Crippen molar-refractivity contribution in [3.8, 4) is 0 Å². The lowest BCUT2D eigenvalue weighted by Gasteiger charge is -2.40. The quantitative estimate of drug-likeness (QED) is 0.124. The van der Waals surface area contributed by atoms with E-state index in [1.807, 2.05) is 39.0 Å². The van der Waals surface area contributed by atoms with Gasteiger partial charge < -0.3 is 34.4 Å². The second-order valence-corrected chi connectivity index (χ2v) is 14.7. The number of likely N-dealkylation sites (tertiary alicyclic amines) is 1. The maximum Gasteiger partial charge on any atom is 0.313 e. The van der Waals surface area contributed by atoms with Gasteiger partial charge in [-0.25, -0.2) is 0 Å². The molecule has 1 unspecified atom stereocenters. The van der Waals surface area contributed by atoms with Gasteiger partial charge in [-0.1, -0.05) is 85.6 Å². The number of allylic oxidation sites excluding steroid dienone is 1. The zero-order chi connectivity index (χ0) is 35.9. The molecule has 3 fully saturated rings. The number of rotatable bonds is 19. The molecule has 12 heteroatoms. The van der Waals surface area contributed by atoms with E-state index in [9.17, 15) is 24.3 Å². The SMILES string of the molecule is C=CCCC(=O)N[C@H](COC)[C@H](OC(=O)[C@H]1[C@@H]2O[C@@]3(CC2Br)[C@@H]1C(=O)N([C@@H](CO)C(C)C)[C@@H]3C(=O)N(CC=C)CCCC)c1ccccc1. The van der Waals surface area contributed by atoms with Crippen LogP contribution < -0.4 is 5.32 Å². The molecule has 1 spiro atoms. The van der Waals surface area contributed by atoms with Gasteiger partial charge in [0.1, 0.15) is 17.7 Å². The lowest BCUT2D eigenvalue weighted by Crippen LogP contribution is -2.60. The van der Waals surface area contributed by atoms with Gasteiger partial charge in [-0.15, -0.1) is 13.2 Å². The summed E-state index contributed by atoms with van der Waals surface area (Å²) in [7, 11) is 1.50. The Balaban J connectivity index is 1.76. The molecule has 3 saturated heterocycles. The van der Waals surface area contributed by atoms with Crippen molar-refractivity contribution in [2.45, 2.75) is 93.6 Å². The van der Waals surface area contributed by atoms with Gasteiger partial charge in [-0.2, -0.15) is 0 Å². The first-order chi connectivity index (χ1) is 23.5. The Morgan fingerprint density at radius 1 is 1.22 bits per heavy atom.